The molecule has 1 aromatic rings. The van der Waals surface area contributed by atoms with Gasteiger partial charge in [0, 0.05) is 0 Å². The average Bonchev–Trinajstić information content (AvgIpc) is 1.82. The molecule has 7 heteroatoms. The molecule has 0 saturated carbocycles. The Balaban J connectivity index is 3.34. The second-order valence-electron chi connectivity index (χ2n) is 2.42. The highest BCUT2D eigenvalue weighted by atomic mass is 32.5. The second kappa shape index (κ2) is 1.97. The first-order valence-electron chi connectivity index (χ1n) is 2.99. The molecule has 0 atom stereocenters. The lowest BCUT2D eigenvalue weighted by Crippen LogP contribution is -2.05. The van der Waals surface area contributed by atoms with Gasteiger partial charge in [0.2, 0.25) is 0 Å². The van der Waals surface area contributed by atoms with Crippen LogP contribution in [0.4, 0.5) is 23.8 Å². The predicted molar refractivity (Wildman–Crippen MR) is 37.8 cm³/mol. The molecule has 1 rings (SSSR count). The lowest BCUT2D eigenvalue weighted by atomic mass is 10.4. The first kappa shape index (κ1) is 10.2. The summed E-state index contributed by atoms with van der Waals surface area (Å²) in [6, 6.07) is 0.730. The fourth-order valence-electron chi connectivity index (χ4n) is 0.692. The topological polar surface area (TPSA) is 0 Å². The van der Waals surface area contributed by atoms with Crippen molar-refractivity contribution < 1.29 is 23.8 Å². The standard InChI is InChI=1S/C6H4F6S/c7-5-1-3-6(4-2-5)13(8,9,10,11)12/h1-4H. The van der Waals surface area contributed by atoms with E-state index in [4.69, 9.17) is 0 Å². The minimum absolute atomic E-state index is 0.0247. The fraction of sp³-hybridized carbons (Fsp3) is 0. The zero-order chi connectivity index (χ0) is 10.4. The van der Waals surface area contributed by atoms with Crippen LogP contribution in [0.1, 0.15) is 0 Å². The van der Waals surface area contributed by atoms with Crippen LogP contribution >= 0.6 is 10.2 Å². The molecule has 0 radical (unpaired) electrons. The third-order valence-corrected chi connectivity index (χ3v) is 2.42. The monoisotopic (exact) mass is 222 g/mol. The van der Waals surface area contributed by atoms with Crippen molar-refractivity contribution in [3.05, 3.63) is 30.1 Å². The van der Waals surface area contributed by atoms with Crippen LogP contribution < -0.4 is 0 Å². The highest BCUT2D eigenvalue weighted by Crippen LogP contribution is 3.02. The number of halogens is 6. The van der Waals surface area contributed by atoms with E-state index >= 15 is 0 Å². The molecule has 0 N–H and O–H groups in total. The Morgan fingerprint density at radius 3 is 1.46 bits per heavy atom. The zero-order valence-corrected chi connectivity index (χ0v) is 6.80. The van der Waals surface area contributed by atoms with Gasteiger partial charge in [-0.05, 0) is 24.3 Å². The molecule has 0 aromatic heterocycles. The maximum atomic E-state index is 12.1. The molecule has 0 aliphatic heterocycles. The molecule has 0 bridgehead atoms. The van der Waals surface area contributed by atoms with Gasteiger partial charge in [0.15, 0.2) is 0 Å². The summed E-state index contributed by atoms with van der Waals surface area (Å²) in [5.74, 6) is -0.995. The highest BCUT2D eigenvalue weighted by Gasteiger charge is 2.65. The molecule has 0 aliphatic rings. The molecule has 0 unspecified atom stereocenters. The summed E-state index contributed by atoms with van der Waals surface area (Å²) in [4.78, 5) is -2.08. The van der Waals surface area contributed by atoms with Gasteiger partial charge in [0.1, 0.15) is 10.7 Å². The van der Waals surface area contributed by atoms with Gasteiger partial charge in [-0.25, -0.2) is 4.39 Å². The minimum Gasteiger partial charge on any atom is -0.207 e. The van der Waals surface area contributed by atoms with E-state index in [1.54, 1.807) is 0 Å². The van der Waals surface area contributed by atoms with Crippen LogP contribution in [0.15, 0.2) is 29.2 Å². The summed E-state index contributed by atoms with van der Waals surface area (Å²) in [6.07, 6.45) is 0. The Morgan fingerprint density at radius 2 is 1.15 bits per heavy atom. The van der Waals surface area contributed by atoms with Crippen molar-refractivity contribution in [2.45, 2.75) is 4.90 Å². The van der Waals surface area contributed by atoms with Gasteiger partial charge < -0.3 is 0 Å². The number of rotatable bonds is 1. The largest absolute Gasteiger partial charge is 0.310 e. The fourth-order valence-corrected chi connectivity index (χ4v) is 1.34. The lowest BCUT2D eigenvalue weighted by molar-refractivity contribution is 0.364. The van der Waals surface area contributed by atoms with Crippen LogP contribution in [0.2, 0.25) is 0 Å². The number of hydrogen-bond donors (Lipinski definition) is 0. The molecule has 13 heavy (non-hydrogen) atoms. The Labute approximate surface area is 69.9 Å². The van der Waals surface area contributed by atoms with Crippen LogP contribution in [-0.4, -0.2) is 0 Å². The van der Waals surface area contributed by atoms with Crippen LogP contribution in [0, 0.1) is 5.82 Å². The summed E-state index contributed by atoms with van der Waals surface area (Å²) < 4.78 is 71.9. The molecular formula is C6H4F6S. The van der Waals surface area contributed by atoms with Crippen molar-refractivity contribution in [2.24, 2.45) is 0 Å². The summed E-state index contributed by atoms with van der Waals surface area (Å²) in [5, 5.41) is 0. The molecule has 1 aromatic carbocycles. The Kier molecular flexibility index (Phi) is 1.55. The van der Waals surface area contributed by atoms with Crippen LogP contribution in [-0.2, 0) is 0 Å². The van der Waals surface area contributed by atoms with Gasteiger partial charge in [-0.15, -0.1) is 0 Å². The Hall–Kier alpha value is -0.850. The molecule has 0 fully saturated rings. The van der Waals surface area contributed by atoms with Crippen molar-refractivity contribution >= 4 is 10.2 Å². The van der Waals surface area contributed by atoms with Crippen LogP contribution in [0.5, 0.6) is 0 Å². The van der Waals surface area contributed by atoms with E-state index in [1.807, 2.05) is 0 Å². The average molecular weight is 222 g/mol. The van der Waals surface area contributed by atoms with E-state index in [-0.39, 0.29) is 12.1 Å². The van der Waals surface area contributed by atoms with Gasteiger partial charge in [-0.1, -0.05) is 19.4 Å². The minimum atomic E-state index is -9.62. The van der Waals surface area contributed by atoms with Crippen molar-refractivity contribution in [3.63, 3.8) is 0 Å². The quantitative estimate of drug-likeness (QED) is 0.614. The molecule has 0 heterocycles. The third kappa shape index (κ3) is 2.55. The first-order valence-corrected chi connectivity index (χ1v) is 4.94. The van der Waals surface area contributed by atoms with E-state index in [1.165, 1.54) is 0 Å². The Morgan fingerprint density at radius 1 is 0.769 bits per heavy atom. The van der Waals surface area contributed by atoms with E-state index in [2.05, 4.69) is 0 Å². The van der Waals surface area contributed by atoms with Crippen LogP contribution in [0.3, 0.4) is 0 Å². The van der Waals surface area contributed by atoms with Crippen molar-refractivity contribution in [3.8, 4) is 0 Å². The third-order valence-electron chi connectivity index (χ3n) is 1.26. The molecule has 0 nitrogen and oxygen atoms in total. The molecule has 0 spiro atoms. The summed E-state index contributed by atoms with van der Waals surface area (Å²) in [6.45, 7) is 0. The Bertz CT molecular complexity index is 321. The van der Waals surface area contributed by atoms with E-state index < -0.39 is 20.9 Å². The van der Waals surface area contributed by atoms with Gasteiger partial charge in [0.05, 0.1) is 0 Å². The maximum Gasteiger partial charge on any atom is 0.310 e. The number of benzene rings is 1. The van der Waals surface area contributed by atoms with Gasteiger partial charge >= 0.3 is 10.2 Å². The van der Waals surface area contributed by atoms with Gasteiger partial charge in [-0.2, -0.15) is 0 Å². The van der Waals surface area contributed by atoms with E-state index in [0.29, 0.717) is 12.1 Å². The van der Waals surface area contributed by atoms with Gasteiger partial charge in [-0.3, -0.25) is 0 Å². The molecule has 0 aliphatic carbocycles. The van der Waals surface area contributed by atoms with Crippen molar-refractivity contribution in [1.29, 1.82) is 0 Å². The molecule has 0 amide bonds. The predicted octanol–water partition coefficient (Wildman–Crippen LogP) is 4.48. The lowest BCUT2D eigenvalue weighted by Gasteiger charge is -2.40. The van der Waals surface area contributed by atoms with E-state index in [0.717, 1.165) is 0 Å². The maximum absolute atomic E-state index is 12.1. The molecular weight excluding hydrogens is 218 g/mol. The summed E-state index contributed by atoms with van der Waals surface area (Å²) >= 11 is 0. The zero-order valence-electron chi connectivity index (χ0n) is 5.99. The first-order chi connectivity index (χ1) is 5.49. The molecule has 76 valence electrons. The van der Waals surface area contributed by atoms with Crippen molar-refractivity contribution in [2.75, 3.05) is 0 Å². The van der Waals surface area contributed by atoms with Gasteiger partial charge in [0.25, 0.3) is 0 Å². The highest BCUT2D eigenvalue weighted by molar-refractivity contribution is 8.45. The normalized spacial score (nSPS) is 17.7. The smallest absolute Gasteiger partial charge is 0.207 e. The number of hydrogen-bond acceptors (Lipinski definition) is 0. The van der Waals surface area contributed by atoms with Crippen molar-refractivity contribution in [1.82, 2.24) is 0 Å². The SMILES string of the molecule is Fc1ccc(S(F)(F)(F)(F)F)cc1. The van der Waals surface area contributed by atoms with Crippen LogP contribution in [0.25, 0.3) is 0 Å². The molecule has 0 saturated heterocycles. The summed E-state index contributed by atoms with van der Waals surface area (Å²) in [5.41, 5.74) is 0. The summed E-state index contributed by atoms with van der Waals surface area (Å²) in [7, 11) is -9.62. The van der Waals surface area contributed by atoms with E-state index in [9.17, 15) is 23.8 Å². The second-order valence-corrected chi connectivity index (χ2v) is 4.83.